The minimum absolute atomic E-state index is 0.0456. The fraction of sp³-hybridized carbons (Fsp3) is 0.515. The lowest BCUT2D eigenvalue weighted by Gasteiger charge is -2.29. The molecular weight excluding hydrogens is 564 g/mol. The van der Waals surface area contributed by atoms with Gasteiger partial charge in [0.1, 0.15) is 23.9 Å². The van der Waals surface area contributed by atoms with Gasteiger partial charge < -0.3 is 34.9 Å². The van der Waals surface area contributed by atoms with E-state index in [4.69, 9.17) is 19.9 Å². The van der Waals surface area contributed by atoms with E-state index in [2.05, 4.69) is 33.2 Å². The van der Waals surface area contributed by atoms with Crippen molar-refractivity contribution in [3.05, 3.63) is 47.5 Å². The average molecular weight is 611 g/mol. The zero-order valence-corrected chi connectivity index (χ0v) is 26.4. The van der Waals surface area contributed by atoms with Gasteiger partial charge in [0.25, 0.3) is 5.91 Å². The van der Waals surface area contributed by atoms with E-state index in [0.29, 0.717) is 32.8 Å². The molecule has 11 nitrogen and oxygen atoms in total. The predicted molar refractivity (Wildman–Crippen MR) is 170 cm³/mol. The van der Waals surface area contributed by atoms with Crippen molar-refractivity contribution in [2.45, 2.75) is 59.0 Å². The van der Waals surface area contributed by atoms with Crippen LogP contribution in [0.1, 0.15) is 58.9 Å². The zero-order chi connectivity index (χ0) is 32.4. The second-order valence-corrected chi connectivity index (χ2v) is 11.1. The third-order valence-corrected chi connectivity index (χ3v) is 6.34. The lowest BCUT2D eigenvalue weighted by Crippen LogP contribution is -2.29. The number of anilines is 1. The second-order valence-electron chi connectivity index (χ2n) is 11.1. The van der Waals surface area contributed by atoms with Crippen molar-refractivity contribution in [1.82, 2.24) is 5.32 Å². The molecule has 1 aliphatic rings. The highest BCUT2D eigenvalue weighted by molar-refractivity contribution is 6.02. The van der Waals surface area contributed by atoms with E-state index in [9.17, 15) is 19.6 Å². The molecule has 3 N–H and O–H groups in total. The summed E-state index contributed by atoms with van der Waals surface area (Å²) in [5.74, 6) is -0.686. The molecule has 0 bridgehead atoms. The Kier molecular flexibility index (Phi) is 15.7. The van der Waals surface area contributed by atoms with Crippen molar-refractivity contribution >= 4 is 40.5 Å². The number of carbonyl (C=O) groups excluding carboxylic acids is 3. The molecule has 0 aliphatic carbocycles. The third kappa shape index (κ3) is 14.4. The first-order valence-corrected chi connectivity index (χ1v) is 15.0. The number of primary amides is 1. The predicted octanol–water partition coefficient (Wildman–Crippen LogP) is 4.72. The van der Waals surface area contributed by atoms with Crippen molar-refractivity contribution in [1.29, 1.82) is 5.26 Å². The maximum Gasteiger partial charge on any atom is 0.405 e. The van der Waals surface area contributed by atoms with Crippen molar-refractivity contribution in [2.75, 3.05) is 57.6 Å². The van der Waals surface area contributed by atoms with Crippen molar-refractivity contribution in [2.24, 2.45) is 5.73 Å². The molecule has 0 unspecified atom stereocenters. The smallest absolute Gasteiger partial charge is 0.405 e. The molecule has 1 heterocycles. The molecule has 240 valence electrons. The van der Waals surface area contributed by atoms with Gasteiger partial charge in [-0.1, -0.05) is 25.1 Å². The number of amides is 2. The monoisotopic (exact) mass is 610 g/mol. The van der Waals surface area contributed by atoms with E-state index >= 15 is 0 Å². The number of ether oxygens (including phenoxy) is 4. The molecule has 3 rings (SSSR count). The van der Waals surface area contributed by atoms with Crippen molar-refractivity contribution in [3.63, 3.8) is 0 Å². The molecule has 2 amide bonds. The quantitative estimate of drug-likeness (QED) is 0.142. The number of esters is 1. The first-order chi connectivity index (χ1) is 21.0. The first-order valence-electron chi connectivity index (χ1n) is 15.0. The minimum Gasteiger partial charge on any atom is -0.463 e. The van der Waals surface area contributed by atoms with Gasteiger partial charge in [-0.15, -0.1) is 0 Å². The van der Waals surface area contributed by atoms with Gasteiger partial charge in [0.05, 0.1) is 26.4 Å². The normalized spacial score (nSPS) is 13.3. The molecule has 0 atom stereocenters. The summed E-state index contributed by atoms with van der Waals surface area (Å²) in [5, 5.41) is 14.4. The van der Waals surface area contributed by atoms with Crippen LogP contribution in [0, 0.1) is 11.3 Å². The second kappa shape index (κ2) is 19.2. The molecule has 0 aromatic heterocycles. The van der Waals surface area contributed by atoms with Crippen LogP contribution in [-0.4, -0.2) is 76.2 Å². The maximum absolute atomic E-state index is 12.4. The lowest BCUT2D eigenvalue weighted by atomic mass is 10.0. The summed E-state index contributed by atoms with van der Waals surface area (Å²) < 4.78 is 20.2. The Labute approximate surface area is 260 Å². The number of rotatable bonds is 13. The summed E-state index contributed by atoms with van der Waals surface area (Å²) in [5.41, 5.74) is 6.36. The lowest BCUT2D eigenvalue weighted by molar-refractivity contribution is -0.145. The van der Waals surface area contributed by atoms with Gasteiger partial charge in [0.15, 0.2) is 0 Å². The zero-order valence-electron chi connectivity index (χ0n) is 26.4. The molecule has 1 saturated heterocycles. The van der Waals surface area contributed by atoms with Crippen LogP contribution in [0.2, 0.25) is 0 Å². The summed E-state index contributed by atoms with van der Waals surface area (Å²) in [7, 11) is 0. The Morgan fingerprint density at radius 2 is 1.59 bits per heavy atom. The Morgan fingerprint density at radius 1 is 0.955 bits per heavy atom. The Balaban J connectivity index is 0.000000742. The largest absolute Gasteiger partial charge is 0.463 e. The minimum atomic E-state index is -0.725. The maximum atomic E-state index is 12.4. The average Bonchev–Trinajstić information content (AvgIpc) is 2.99. The molecule has 1 fully saturated rings. The van der Waals surface area contributed by atoms with Gasteiger partial charge in [-0.25, -0.2) is 4.79 Å². The SMILES string of the molecule is CC(C)(C)OC(N)=O.CCC(=O)OCCOCCOCCNC(=O)/C(C#N)=C/c1ccc2cc(N3CCCCC3)ccc2c1. The van der Waals surface area contributed by atoms with Gasteiger partial charge >= 0.3 is 12.1 Å². The van der Waals surface area contributed by atoms with Gasteiger partial charge in [0.2, 0.25) is 0 Å². The van der Waals surface area contributed by atoms with Crippen LogP contribution in [0.25, 0.3) is 16.8 Å². The number of piperidine rings is 1. The number of nitrogens with zero attached hydrogens (tertiary/aromatic N) is 2. The fourth-order valence-electron chi connectivity index (χ4n) is 4.28. The summed E-state index contributed by atoms with van der Waals surface area (Å²) in [6.07, 6.45) is 5.00. The van der Waals surface area contributed by atoms with Gasteiger partial charge in [-0.2, -0.15) is 5.26 Å². The number of benzene rings is 2. The van der Waals surface area contributed by atoms with Crippen LogP contribution in [0.3, 0.4) is 0 Å². The summed E-state index contributed by atoms with van der Waals surface area (Å²) in [6, 6.07) is 14.4. The standard InChI is InChI=1S/C28H35N3O5.C5H11NO2/c1-2-27(32)36-17-16-35-15-14-34-13-10-30-28(33)25(21-29)19-22-6-7-24-20-26(9-8-23(24)18-22)31-11-4-3-5-12-31;1-5(2,3)8-4(6)7/h6-9,18-20H,2-5,10-17H2,1H3,(H,30,33);1-3H3,(H2,6,7)/b25-19+;. The van der Waals surface area contributed by atoms with E-state index in [1.54, 1.807) is 33.8 Å². The number of nitrogens with two attached hydrogens (primary N) is 1. The van der Waals surface area contributed by atoms with Crippen LogP contribution in [0.5, 0.6) is 0 Å². The number of hydrogen-bond donors (Lipinski definition) is 2. The highest BCUT2D eigenvalue weighted by atomic mass is 16.6. The number of fused-ring (bicyclic) bond motifs is 1. The van der Waals surface area contributed by atoms with Crippen LogP contribution in [0.4, 0.5) is 10.5 Å². The molecule has 0 saturated carbocycles. The van der Waals surface area contributed by atoms with Crippen LogP contribution >= 0.6 is 0 Å². The van der Waals surface area contributed by atoms with E-state index in [-0.39, 0.29) is 24.7 Å². The Hall–Kier alpha value is -4.14. The Morgan fingerprint density at radius 3 is 2.20 bits per heavy atom. The molecular formula is C33H46N4O7. The molecule has 0 spiro atoms. The van der Waals surface area contributed by atoms with Gasteiger partial charge in [-0.3, -0.25) is 9.59 Å². The Bertz CT molecular complexity index is 1290. The molecule has 2 aromatic carbocycles. The van der Waals surface area contributed by atoms with Crippen molar-refractivity contribution < 1.29 is 33.3 Å². The van der Waals surface area contributed by atoms with Crippen LogP contribution < -0.4 is 16.0 Å². The highest BCUT2D eigenvalue weighted by Crippen LogP contribution is 2.26. The number of nitrogens with one attached hydrogen (secondary N) is 1. The van der Waals surface area contributed by atoms with Crippen LogP contribution in [-0.2, 0) is 28.5 Å². The molecule has 2 aromatic rings. The summed E-state index contributed by atoms with van der Waals surface area (Å²) >= 11 is 0. The van der Waals surface area contributed by atoms with E-state index < -0.39 is 17.6 Å². The fourth-order valence-corrected chi connectivity index (χ4v) is 4.28. The number of nitriles is 1. The number of hydrogen-bond acceptors (Lipinski definition) is 9. The topological polar surface area (TPSA) is 153 Å². The molecule has 44 heavy (non-hydrogen) atoms. The third-order valence-electron chi connectivity index (χ3n) is 6.34. The van der Waals surface area contributed by atoms with E-state index in [1.165, 1.54) is 24.9 Å². The van der Waals surface area contributed by atoms with Crippen LogP contribution in [0.15, 0.2) is 42.0 Å². The van der Waals surface area contributed by atoms with Crippen molar-refractivity contribution in [3.8, 4) is 6.07 Å². The number of carbonyl (C=O) groups is 3. The molecule has 11 heteroatoms. The van der Waals surface area contributed by atoms with E-state index in [0.717, 1.165) is 29.4 Å². The summed E-state index contributed by atoms with van der Waals surface area (Å²) in [6.45, 7) is 11.1. The van der Waals surface area contributed by atoms with E-state index in [1.807, 2.05) is 24.3 Å². The first kappa shape index (κ1) is 36.1. The van der Waals surface area contributed by atoms with Gasteiger partial charge in [-0.05, 0) is 80.6 Å². The molecule has 1 aliphatic heterocycles. The highest BCUT2D eigenvalue weighted by Gasteiger charge is 2.13. The summed E-state index contributed by atoms with van der Waals surface area (Å²) in [4.78, 5) is 35.9. The molecule has 0 radical (unpaired) electrons. The van der Waals surface area contributed by atoms with Gasteiger partial charge in [0, 0.05) is 31.7 Å².